The lowest BCUT2D eigenvalue weighted by Crippen LogP contribution is -2.03. The number of nitrogens with zero attached hydrogens (tertiary/aromatic N) is 3. The van der Waals surface area contributed by atoms with Crippen molar-refractivity contribution in [3.8, 4) is 0 Å². The van der Waals surface area contributed by atoms with E-state index in [9.17, 15) is 4.79 Å². The zero-order valence-electron chi connectivity index (χ0n) is 8.22. The number of aliphatic carboxylic acids is 1. The van der Waals surface area contributed by atoms with Crippen molar-refractivity contribution >= 4 is 28.6 Å². The Morgan fingerprint density at radius 2 is 2.19 bits per heavy atom. The fraction of sp³-hybridized carbons (Fsp3) is 0.200. The average Bonchev–Trinajstić information content (AvgIpc) is 2.26. The Morgan fingerprint density at radius 3 is 2.94 bits per heavy atom. The predicted octanol–water partition coefficient (Wildman–Crippen LogP) is 1.70. The molecule has 0 atom stereocenters. The van der Waals surface area contributed by atoms with Crippen molar-refractivity contribution in [2.75, 3.05) is 0 Å². The summed E-state index contributed by atoms with van der Waals surface area (Å²) in [5.74, 6) is -0.466. The number of hydrogen-bond acceptors (Lipinski definition) is 4. The van der Waals surface area contributed by atoms with Gasteiger partial charge in [-0.05, 0) is 12.1 Å². The van der Waals surface area contributed by atoms with Gasteiger partial charge in [0.15, 0.2) is 5.82 Å². The summed E-state index contributed by atoms with van der Waals surface area (Å²) >= 11 is 5.90. The van der Waals surface area contributed by atoms with E-state index in [-0.39, 0.29) is 12.8 Å². The first-order chi connectivity index (χ1) is 7.66. The molecule has 1 aromatic heterocycles. The number of halogens is 1. The fourth-order valence-corrected chi connectivity index (χ4v) is 1.49. The summed E-state index contributed by atoms with van der Waals surface area (Å²) in [6.45, 7) is 0. The Morgan fingerprint density at radius 1 is 1.38 bits per heavy atom. The van der Waals surface area contributed by atoms with E-state index in [1.807, 2.05) is 0 Å². The van der Waals surface area contributed by atoms with Crippen molar-refractivity contribution in [3.63, 3.8) is 0 Å². The summed E-state index contributed by atoms with van der Waals surface area (Å²) in [7, 11) is 0. The van der Waals surface area contributed by atoms with Gasteiger partial charge in [-0.1, -0.05) is 17.7 Å². The van der Waals surface area contributed by atoms with Gasteiger partial charge in [0, 0.05) is 6.42 Å². The van der Waals surface area contributed by atoms with Gasteiger partial charge in [0.25, 0.3) is 0 Å². The monoisotopic (exact) mass is 237 g/mol. The number of aryl methyl sites for hydroxylation is 1. The van der Waals surface area contributed by atoms with Gasteiger partial charge in [0.05, 0.1) is 17.0 Å². The zero-order valence-corrected chi connectivity index (χ0v) is 8.98. The highest BCUT2D eigenvalue weighted by Gasteiger charge is 2.06. The Hall–Kier alpha value is -1.75. The van der Waals surface area contributed by atoms with Crippen molar-refractivity contribution in [1.82, 2.24) is 15.2 Å². The molecule has 0 aliphatic rings. The first-order valence-electron chi connectivity index (χ1n) is 4.66. The lowest BCUT2D eigenvalue weighted by atomic mass is 10.3. The molecule has 0 saturated heterocycles. The zero-order chi connectivity index (χ0) is 11.5. The minimum Gasteiger partial charge on any atom is -0.481 e. The SMILES string of the molecule is O=C(O)CCc1nnc2c(Cl)cccc2n1. The number of hydrogen-bond donors (Lipinski definition) is 1. The number of carboxylic acid groups (broad SMARTS) is 1. The first kappa shape index (κ1) is 10.8. The number of rotatable bonds is 3. The molecule has 2 aromatic rings. The smallest absolute Gasteiger partial charge is 0.303 e. The van der Waals surface area contributed by atoms with Gasteiger partial charge in [-0.3, -0.25) is 4.79 Å². The van der Waals surface area contributed by atoms with Crippen molar-refractivity contribution in [2.45, 2.75) is 12.8 Å². The van der Waals surface area contributed by atoms with Gasteiger partial charge in [-0.2, -0.15) is 0 Å². The maximum absolute atomic E-state index is 10.4. The molecule has 6 heteroatoms. The molecule has 0 aliphatic carbocycles. The minimum absolute atomic E-state index is 0.00620. The summed E-state index contributed by atoms with van der Waals surface area (Å²) in [6.07, 6.45) is 0.262. The van der Waals surface area contributed by atoms with Crippen LogP contribution in [0.4, 0.5) is 0 Å². The van der Waals surface area contributed by atoms with E-state index in [0.29, 0.717) is 21.9 Å². The molecule has 0 spiro atoms. The van der Waals surface area contributed by atoms with Gasteiger partial charge in [0.1, 0.15) is 5.52 Å². The van der Waals surface area contributed by atoms with Crippen LogP contribution in [0.5, 0.6) is 0 Å². The van der Waals surface area contributed by atoms with Crippen LogP contribution in [0.1, 0.15) is 12.2 Å². The molecule has 5 nitrogen and oxygen atoms in total. The van der Waals surface area contributed by atoms with Crippen molar-refractivity contribution in [1.29, 1.82) is 0 Å². The molecule has 2 rings (SSSR count). The van der Waals surface area contributed by atoms with Gasteiger partial charge in [0.2, 0.25) is 0 Å². The highest BCUT2D eigenvalue weighted by Crippen LogP contribution is 2.18. The Kier molecular flexibility index (Phi) is 2.96. The summed E-state index contributed by atoms with van der Waals surface area (Å²) < 4.78 is 0. The molecule has 16 heavy (non-hydrogen) atoms. The van der Waals surface area contributed by atoms with E-state index in [4.69, 9.17) is 16.7 Å². The molecule has 1 heterocycles. The second kappa shape index (κ2) is 4.40. The van der Waals surface area contributed by atoms with Crippen LogP contribution in [0.2, 0.25) is 5.02 Å². The van der Waals surface area contributed by atoms with Crippen LogP contribution in [0.3, 0.4) is 0 Å². The lowest BCUT2D eigenvalue weighted by molar-refractivity contribution is -0.137. The molecule has 82 valence electrons. The Balaban J connectivity index is 2.33. The van der Waals surface area contributed by atoms with Crippen LogP contribution < -0.4 is 0 Å². The topological polar surface area (TPSA) is 76.0 Å². The summed E-state index contributed by atoms with van der Waals surface area (Å²) in [5, 5.41) is 16.8. The molecule has 0 aliphatic heterocycles. The second-order valence-electron chi connectivity index (χ2n) is 3.23. The maximum atomic E-state index is 10.4. The van der Waals surface area contributed by atoms with Gasteiger partial charge in [-0.25, -0.2) is 4.98 Å². The van der Waals surface area contributed by atoms with Crippen LogP contribution in [0.15, 0.2) is 18.2 Å². The quantitative estimate of drug-likeness (QED) is 0.879. The number of benzene rings is 1. The van der Waals surface area contributed by atoms with Crippen LogP contribution in [0, 0.1) is 0 Å². The number of aromatic nitrogens is 3. The van der Waals surface area contributed by atoms with E-state index >= 15 is 0 Å². The third kappa shape index (κ3) is 2.25. The van der Waals surface area contributed by atoms with Gasteiger partial charge in [-0.15, -0.1) is 10.2 Å². The molecule has 1 aromatic carbocycles. The number of carboxylic acids is 1. The van der Waals surface area contributed by atoms with Gasteiger partial charge >= 0.3 is 5.97 Å². The van der Waals surface area contributed by atoms with Crippen molar-refractivity contribution in [2.24, 2.45) is 0 Å². The predicted molar refractivity (Wildman–Crippen MR) is 58.3 cm³/mol. The third-order valence-corrected chi connectivity index (χ3v) is 2.35. The van der Waals surface area contributed by atoms with E-state index in [2.05, 4.69) is 15.2 Å². The highest BCUT2D eigenvalue weighted by atomic mass is 35.5. The summed E-state index contributed by atoms with van der Waals surface area (Å²) in [4.78, 5) is 14.6. The highest BCUT2D eigenvalue weighted by molar-refractivity contribution is 6.34. The van der Waals surface area contributed by atoms with Crippen LogP contribution in [-0.4, -0.2) is 26.3 Å². The Labute approximate surface area is 96.1 Å². The van der Waals surface area contributed by atoms with Gasteiger partial charge < -0.3 is 5.11 Å². The second-order valence-corrected chi connectivity index (χ2v) is 3.64. The molecule has 0 bridgehead atoms. The third-order valence-electron chi connectivity index (χ3n) is 2.04. The molecule has 0 saturated carbocycles. The standard InChI is InChI=1S/C10H8ClN3O2/c11-6-2-1-3-7-10(6)14-13-8(12-7)4-5-9(15)16/h1-3H,4-5H2,(H,15,16). The van der Waals surface area contributed by atoms with Crippen molar-refractivity contribution < 1.29 is 9.90 Å². The van der Waals surface area contributed by atoms with E-state index in [1.165, 1.54) is 0 Å². The number of fused-ring (bicyclic) bond motifs is 1. The molecule has 0 radical (unpaired) electrons. The average molecular weight is 238 g/mol. The molecule has 0 fully saturated rings. The summed E-state index contributed by atoms with van der Waals surface area (Å²) in [6, 6.07) is 5.23. The fourth-order valence-electron chi connectivity index (χ4n) is 1.29. The molecule has 0 amide bonds. The molecular weight excluding hydrogens is 230 g/mol. The normalized spacial score (nSPS) is 10.6. The van der Waals surface area contributed by atoms with E-state index in [1.54, 1.807) is 18.2 Å². The van der Waals surface area contributed by atoms with Crippen molar-refractivity contribution in [3.05, 3.63) is 29.0 Å². The van der Waals surface area contributed by atoms with Crippen LogP contribution in [0.25, 0.3) is 11.0 Å². The van der Waals surface area contributed by atoms with E-state index in [0.717, 1.165) is 0 Å². The maximum Gasteiger partial charge on any atom is 0.303 e. The largest absolute Gasteiger partial charge is 0.481 e. The van der Waals surface area contributed by atoms with Crippen LogP contribution >= 0.6 is 11.6 Å². The Bertz CT molecular complexity index is 545. The molecular formula is C10H8ClN3O2. The minimum atomic E-state index is -0.880. The summed E-state index contributed by atoms with van der Waals surface area (Å²) in [5.41, 5.74) is 1.16. The van der Waals surface area contributed by atoms with Crippen LogP contribution in [-0.2, 0) is 11.2 Å². The van der Waals surface area contributed by atoms with E-state index < -0.39 is 5.97 Å². The first-order valence-corrected chi connectivity index (χ1v) is 5.04. The molecule has 0 unspecified atom stereocenters. The number of carbonyl (C=O) groups is 1. The molecule has 1 N–H and O–H groups in total. The lowest BCUT2D eigenvalue weighted by Gasteiger charge is -2.00.